The number of aliphatic hydroxyl groups excluding tert-OH is 1. The van der Waals surface area contributed by atoms with Gasteiger partial charge in [0.05, 0.1) is 18.4 Å². The normalized spacial score (nSPS) is 16.2. The van der Waals surface area contributed by atoms with E-state index in [9.17, 15) is 14.7 Å². The third-order valence-electron chi connectivity index (χ3n) is 3.75. The predicted octanol–water partition coefficient (Wildman–Crippen LogP) is 2.13. The van der Waals surface area contributed by atoms with Gasteiger partial charge in [-0.05, 0) is 36.5 Å². The second-order valence-electron chi connectivity index (χ2n) is 5.05. The molecule has 3 rings (SSSR count). The van der Waals surface area contributed by atoms with Crippen LogP contribution in [-0.2, 0) is 17.6 Å². The average molecular weight is 289 g/mol. The number of hydrogen-bond donors (Lipinski definition) is 2. The second-order valence-corrected chi connectivity index (χ2v) is 5.05. The fourth-order valence-electron chi connectivity index (χ4n) is 2.74. The zero-order valence-corrected chi connectivity index (χ0v) is 11.6. The van der Waals surface area contributed by atoms with Crippen LogP contribution in [0.3, 0.4) is 0 Å². The van der Waals surface area contributed by atoms with Gasteiger partial charge >= 0.3 is 11.7 Å². The molecule has 1 heterocycles. The van der Waals surface area contributed by atoms with Gasteiger partial charge in [0.25, 0.3) is 0 Å². The van der Waals surface area contributed by atoms with Crippen molar-refractivity contribution in [2.75, 3.05) is 7.11 Å². The minimum atomic E-state index is -0.556. The summed E-state index contributed by atoms with van der Waals surface area (Å²) in [5, 5.41) is 12.1. The molecule has 21 heavy (non-hydrogen) atoms. The molecule has 0 saturated carbocycles. The lowest BCUT2D eigenvalue weighted by molar-refractivity contribution is 0.174. The number of hydrogen-bond acceptors (Lipinski definition) is 5. The van der Waals surface area contributed by atoms with E-state index >= 15 is 0 Å². The van der Waals surface area contributed by atoms with E-state index in [4.69, 9.17) is 4.42 Å². The molecule has 0 atom stereocenters. The van der Waals surface area contributed by atoms with Crippen LogP contribution in [0, 0.1) is 0 Å². The second kappa shape index (κ2) is 5.12. The number of aliphatic hydroxyl groups is 1. The minimum absolute atomic E-state index is 0.227. The number of alkyl carbamates (subject to hydrolysis) is 1. The van der Waals surface area contributed by atoms with Crippen LogP contribution in [0.1, 0.15) is 35.3 Å². The molecule has 110 valence electrons. The zero-order chi connectivity index (χ0) is 15.0. The molecule has 0 spiro atoms. The fourth-order valence-corrected chi connectivity index (χ4v) is 2.74. The van der Waals surface area contributed by atoms with Crippen molar-refractivity contribution in [2.24, 2.45) is 0 Å². The van der Waals surface area contributed by atoms with Gasteiger partial charge in [0.1, 0.15) is 5.76 Å². The molecule has 0 aliphatic heterocycles. The van der Waals surface area contributed by atoms with Crippen LogP contribution in [0.15, 0.2) is 20.7 Å². The van der Waals surface area contributed by atoms with Crippen LogP contribution in [0.25, 0.3) is 12.2 Å². The summed E-state index contributed by atoms with van der Waals surface area (Å²) in [4.78, 5) is 23.3. The minimum Gasteiger partial charge on any atom is -0.512 e. The van der Waals surface area contributed by atoms with Crippen molar-refractivity contribution >= 4 is 18.2 Å². The maximum atomic E-state index is 12.1. The largest absolute Gasteiger partial charge is 0.512 e. The molecule has 2 aliphatic rings. The first-order valence-corrected chi connectivity index (χ1v) is 6.72. The summed E-state index contributed by atoms with van der Waals surface area (Å²) in [6, 6.07) is 0. The predicted molar refractivity (Wildman–Crippen MR) is 75.7 cm³/mol. The van der Waals surface area contributed by atoms with E-state index < -0.39 is 11.7 Å². The fraction of sp³-hybridized carbons (Fsp3) is 0.333. The van der Waals surface area contributed by atoms with E-state index in [1.807, 2.05) is 0 Å². The molecule has 0 aromatic carbocycles. The number of nitrogens with one attached hydrogen (secondary N) is 1. The average Bonchev–Trinajstić information content (AvgIpc) is 2.47. The smallest absolute Gasteiger partial charge is 0.411 e. The highest BCUT2D eigenvalue weighted by Gasteiger charge is 2.24. The topological polar surface area (TPSA) is 88.8 Å². The van der Waals surface area contributed by atoms with E-state index in [1.165, 1.54) is 13.2 Å². The first-order valence-electron chi connectivity index (χ1n) is 6.72. The Bertz CT molecular complexity index is 726. The highest BCUT2D eigenvalue weighted by atomic mass is 16.5. The first-order chi connectivity index (χ1) is 10.1. The highest BCUT2D eigenvalue weighted by Crippen LogP contribution is 2.30. The Morgan fingerprint density at radius 3 is 2.76 bits per heavy atom. The molecular weight excluding hydrogens is 274 g/mol. The Balaban J connectivity index is 2.05. The van der Waals surface area contributed by atoms with Gasteiger partial charge < -0.3 is 14.3 Å². The van der Waals surface area contributed by atoms with Crippen molar-refractivity contribution in [3.05, 3.63) is 44.3 Å². The molecule has 2 aliphatic carbocycles. The third-order valence-corrected chi connectivity index (χ3v) is 3.75. The third kappa shape index (κ3) is 2.44. The van der Waals surface area contributed by atoms with Crippen molar-refractivity contribution in [1.82, 2.24) is 5.32 Å². The Morgan fingerprint density at radius 1 is 1.24 bits per heavy atom. The summed E-state index contributed by atoms with van der Waals surface area (Å²) in [5.41, 5.74) is 2.56. The van der Waals surface area contributed by atoms with Gasteiger partial charge in [-0.25, -0.2) is 9.59 Å². The van der Waals surface area contributed by atoms with E-state index in [-0.39, 0.29) is 5.76 Å². The summed E-state index contributed by atoms with van der Waals surface area (Å²) >= 11 is 0. The van der Waals surface area contributed by atoms with Gasteiger partial charge in [0.2, 0.25) is 0 Å². The van der Waals surface area contributed by atoms with Crippen LogP contribution in [0.2, 0.25) is 0 Å². The number of fused-ring (bicyclic) bond motifs is 3. The number of amides is 1. The number of allylic oxidation sites excluding steroid dienone is 2. The van der Waals surface area contributed by atoms with Gasteiger partial charge in [-0.1, -0.05) is 0 Å². The van der Waals surface area contributed by atoms with Crippen molar-refractivity contribution in [3.8, 4) is 0 Å². The van der Waals surface area contributed by atoms with Crippen molar-refractivity contribution in [1.29, 1.82) is 0 Å². The van der Waals surface area contributed by atoms with Crippen molar-refractivity contribution in [3.63, 3.8) is 0 Å². The summed E-state index contributed by atoms with van der Waals surface area (Å²) in [7, 11) is 1.29. The number of ether oxygens (including phenoxy) is 1. The Hall–Kier alpha value is -2.50. The lowest BCUT2D eigenvalue weighted by Crippen LogP contribution is -2.26. The molecule has 0 saturated heterocycles. The number of methoxy groups -OCH3 is 1. The molecular formula is C15H15NO5. The van der Waals surface area contributed by atoms with Crippen LogP contribution in [0.4, 0.5) is 4.79 Å². The maximum Gasteiger partial charge on any atom is 0.411 e. The van der Waals surface area contributed by atoms with Crippen LogP contribution >= 0.6 is 0 Å². The molecule has 6 nitrogen and oxygen atoms in total. The molecule has 1 aromatic heterocycles. The summed E-state index contributed by atoms with van der Waals surface area (Å²) in [5.74, 6) is 0.672. The van der Waals surface area contributed by atoms with Gasteiger partial charge in [0.15, 0.2) is 0 Å². The SMILES string of the molecule is COC(=O)NC1=Cc2c(c3c(oc2=O)C=C(O)CC3)CC1. The number of rotatable bonds is 1. The summed E-state index contributed by atoms with van der Waals surface area (Å²) in [6.07, 6.45) is 5.05. The van der Waals surface area contributed by atoms with E-state index in [0.717, 1.165) is 11.1 Å². The van der Waals surface area contributed by atoms with Gasteiger partial charge in [0, 0.05) is 18.2 Å². The van der Waals surface area contributed by atoms with Crippen molar-refractivity contribution in [2.45, 2.75) is 25.7 Å². The quantitative estimate of drug-likeness (QED) is 0.826. The highest BCUT2D eigenvalue weighted by molar-refractivity contribution is 5.73. The summed E-state index contributed by atoms with van der Waals surface area (Å²) in [6.45, 7) is 0. The van der Waals surface area contributed by atoms with Crippen molar-refractivity contribution < 1.29 is 19.1 Å². The molecule has 1 aromatic rings. The van der Waals surface area contributed by atoms with E-state index in [1.54, 1.807) is 6.08 Å². The molecule has 0 radical (unpaired) electrons. The lowest BCUT2D eigenvalue weighted by atomic mass is 9.88. The number of carbonyl (C=O) groups is 1. The van der Waals surface area contributed by atoms with E-state index in [0.29, 0.717) is 42.7 Å². The van der Waals surface area contributed by atoms with Crippen LogP contribution < -0.4 is 10.9 Å². The standard InChI is InChI=1S/C15H15NO5/c1-20-15(19)16-8-2-4-10-11-5-3-9(17)7-13(11)21-14(18)12(10)6-8/h6-7,17H,2-5H2,1H3,(H,16,19). The van der Waals surface area contributed by atoms with Gasteiger partial charge in [-0.3, -0.25) is 5.32 Å². The molecule has 6 heteroatoms. The van der Waals surface area contributed by atoms with Crippen LogP contribution in [-0.4, -0.2) is 18.3 Å². The number of carbonyl (C=O) groups excluding carboxylic acids is 1. The van der Waals surface area contributed by atoms with E-state index in [2.05, 4.69) is 10.1 Å². The lowest BCUT2D eigenvalue weighted by Gasteiger charge is -2.21. The Kier molecular flexibility index (Phi) is 3.29. The summed E-state index contributed by atoms with van der Waals surface area (Å²) < 4.78 is 9.81. The monoisotopic (exact) mass is 289 g/mol. The Labute approximate surface area is 120 Å². The molecule has 2 N–H and O–H groups in total. The molecule has 0 bridgehead atoms. The molecule has 0 fully saturated rings. The van der Waals surface area contributed by atoms with Gasteiger partial charge in [-0.15, -0.1) is 0 Å². The van der Waals surface area contributed by atoms with Crippen LogP contribution in [0.5, 0.6) is 0 Å². The molecule has 1 amide bonds. The maximum absolute atomic E-state index is 12.1. The molecule has 0 unspecified atom stereocenters. The van der Waals surface area contributed by atoms with Gasteiger partial charge in [-0.2, -0.15) is 0 Å². The first kappa shape index (κ1) is 13.5. The zero-order valence-electron chi connectivity index (χ0n) is 11.6. The Morgan fingerprint density at radius 2 is 2.00 bits per heavy atom.